The van der Waals surface area contributed by atoms with Gasteiger partial charge in [0.15, 0.2) is 5.08 Å². The second-order valence-electron chi connectivity index (χ2n) is 3.23. The largest absolute Gasteiger partial charge is 0.235 e. The van der Waals surface area contributed by atoms with Crippen LogP contribution in [0.3, 0.4) is 0 Å². The molecule has 0 spiro atoms. The molecule has 2 heteroatoms. The highest BCUT2D eigenvalue weighted by Gasteiger charge is 2.05. The Kier molecular flexibility index (Phi) is 2.82. The van der Waals surface area contributed by atoms with E-state index in [4.69, 9.17) is 0 Å². The number of benzene rings is 2. The molecule has 2 aromatic carbocycles. The summed E-state index contributed by atoms with van der Waals surface area (Å²) in [4.78, 5) is 0. The molecule has 72 valence electrons. The molecule has 0 fully saturated rings. The molecule has 1 atom stereocenters. The molecule has 0 aliphatic heterocycles. The molecule has 0 aromatic heterocycles. The van der Waals surface area contributed by atoms with Crippen molar-refractivity contribution >= 4 is 26.7 Å². The first-order valence-electron chi connectivity index (χ1n) is 4.52. The summed E-state index contributed by atoms with van der Waals surface area (Å²) in [6.45, 7) is 0. The molecular weight excluding hydrogens is 243 g/mol. The summed E-state index contributed by atoms with van der Waals surface area (Å²) in [6, 6.07) is 14.0. The van der Waals surface area contributed by atoms with E-state index in [0.29, 0.717) is 6.42 Å². The van der Waals surface area contributed by atoms with E-state index < -0.39 is 5.08 Å². The van der Waals surface area contributed by atoms with Crippen molar-refractivity contribution in [1.82, 2.24) is 0 Å². The van der Waals surface area contributed by atoms with E-state index in [1.807, 2.05) is 42.5 Å². The van der Waals surface area contributed by atoms with Crippen LogP contribution >= 0.6 is 15.9 Å². The second-order valence-corrected chi connectivity index (χ2v) is 4.23. The second kappa shape index (κ2) is 4.09. The van der Waals surface area contributed by atoms with E-state index in [2.05, 4.69) is 15.9 Å². The van der Waals surface area contributed by atoms with Gasteiger partial charge in [-0.3, -0.25) is 0 Å². The molecule has 0 heterocycles. The molecule has 0 saturated heterocycles. The molecular formula is C12H10BrF. The molecule has 2 aromatic rings. The first kappa shape index (κ1) is 9.66. The van der Waals surface area contributed by atoms with Gasteiger partial charge in [-0.2, -0.15) is 0 Å². The van der Waals surface area contributed by atoms with Gasteiger partial charge in [-0.1, -0.05) is 58.4 Å². The Balaban J connectivity index is 2.53. The number of hydrogen-bond donors (Lipinski definition) is 0. The molecule has 0 amide bonds. The highest BCUT2D eigenvalue weighted by atomic mass is 79.9. The predicted molar refractivity (Wildman–Crippen MR) is 61.5 cm³/mol. The first-order valence-corrected chi connectivity index (χ1v) is 5.44. The van der Waals surface area contributed by atoms with Crippen molar-refractivity contribution in [2.75, 3.05) is 0 Å². The van der Waals surface area contributed by atoms with Gasteiger partial charge >= 0.3 is 0 Å². The Morgan fingerprint density at radius 2 is 1.79 bits per heavy atom. The molecule has 2 rings (SSSR count). The van der Waals surface area contributed by atoms with Gasteiger partial charge in [-0.25, -0.2) is 4.39 Å². The Labute approximate surface area is 90.9 Å². The van der Waals surface area contributed by atoms with Crippen LogP contribution in [-0.2, 0) is 6.42 Å². The number of rotatable bonds is 2. The van der Waals surface area contributed by atoms with Crippen molar-refractivity contribution in [1.29, 1.82) is 0 Å². The lowest BCUT2D eigenvalue weighted by Crippen LogP contribution is -1.95. The Morgan fingerprint density at radius 3 is 2.57 bits per heavy atom. The minimum atomic E-state index is -0.965. The van der Waals surface area contributed by atoms with Crippen molar-refractivity contribution in [3.63, 3.8) is 0 Å². The summed E-state index contributed by atoms with van der Waals surface area (Å²) in [5.41, 5.74) is 1.05. The maximum atomic E-state index is 12.8. The topological polar surface area (TPSA) is 0 Å². The van der Waals surface area contributed by atoms with Crippen LogP contribution in [0.1, 0.15) is 5.56 Å². The lowest BCUT2D eigenvalue weighted by Gasteiger charge is -2.05. The van der Waals surface area contributed by atoms with Crippen LogP contribution in [0.15, 0.2) is 42.5 Å². The first-order chi connectivity index (χ1) is 6.77. The minimum Gasteiger partial charge on any atom is -0.235 e. The van der Waals surface area contributed by atoms with Gasteiger partial charge < -0.3 is 0 Å². The fourth-order valence-corrected chi connectivity index (χ4v) is 1.99. The quantitative estimate of drug-likeness (QED) is 0.707. The van der Waals surface area contributed by atoms with Gasteiger partial charge in [-0.05, 0) is 16.3 Å². The molecule has 14 heavy (non-hydrogen) atoms. The van der Waals surface area contributed by atoms with Gasteiger partial charge in [-0.15, -0.1) is 0 Å². The zero-order chi connectivity index (χ0) is 9.97. The van der Waals surface area contributed by atoms with Gasteiger partial charge in [0, 0.05) is 6.42 Å². The fraction of sp³-hybridized carbons (Fsp3) is 0.167. The van der Waals surface area contributed by atoms with Gasteiger partial charge in [0.05, 0.1) is 0 Å². The third-order valence-electron chi connectivity index (χ3n) is 2.25. The molecule has 0 nitrogen and oxygen atoms in total. The summed E-state index contributed by atoms with van der Waals surface area (Å²) in [6.07, 6.45) is 0.418. The Hall–Kier alpha value is -0.890. The van der Waals surface area contributed by atoms with Crippen LogP contribution in [0, 0.1) is 0 Å². The van der Waals surface area contributed by atoms with Crippen LogP contribution in [0.5, 0.6) is 0 Å². The lowest BCUT2D eigenvalue weighted by atomic mass is 10.0. The van der Waals surface area contributed by atoms with Gasteiger partial charge in [0.1, 0.15) is 0 Å². The third-order valence-corrected chi connectivity index (χ3v) is 2.58. The van der Waals surface area contributed by atoms with E-state index in [-0.39, 0.29) is 0 Å². The molecule has 0 bridgehead atoms. The SMILES string of the molecule is FC(Br)Cc1cccc2ccccc12. The van der Waals surface area contributed by atoms with E-state index >= 15 is 0 Å². The van der Waals surface area contributed by atoms with Crippen LogP contribution in [0.25, 0.3) is 10.8 Å². The van der Waals surface area contributed by atoms with Crippen molar-refractivity contribution in [2.24, 2.45) is 0 Å². The molecule has 0 aliphatic carbocycles. The molecule has 0 aliphatic rings. The normalized spacial score (nSPS) is 13.0. The average Bonchev–Trinajstić information content (AvgIpc) is 2.18. The fourth-order valence-electron chi connectivity index (χ4n) is 1.64. The number of alkyl halides is 2. The lowest BCUT2D eigenvalue weighted by molar-refractivity contribution is 0.461. The molecule has 1 unspecified atom stereocenters. The zero-order valence-corrected chi connectivity index (χ0v) is 9.17. The Morgan fingerprint density at radius 1 is 1.07 bits per heavy atom. The van der Waals surface area contributed by atoms with Crippen molar-refractivity contribution < 1.29 is 4.39 Å². The van der Waals surface area contributed by atoms with E-state index in [1.165, 1.54) is 0 Å². The van der Waals surface area contributed by atoms with Crippen molar-refractivity contribution in [2.45, 2.75) is 11.5 Å². The summed E-state index contributed by atoms with van der Waals surface area (Å²) < 4.78 is 12.8. The van der Waals surface area contributed by atoms with E-state index in [9.17, 15) is 4.39 Å². The summed E-state index contributed by atoms with van der Waals surface area (Å²) >= 11 is 2.93. The van der Waals surface area contributed by atoms with E-state index in [0.717, 1.165) is 16.3 Å². The number of hydrogen-bond acceptors (Lipinski definition) is 0. The minimum absolute atomic E-state index is 0.418. The number of fused-ring (bicyclic) bond motifs is 1. The molecule has 0 N–H and O–H groups in total. The smallest absolute Gasteiger partial charge is 0.158 e. The maximum absolute atomic E-state index is 12.8. The summed E-state index contributed by atoms with van der Waals surface area (Å²) in [5.74, 6) is 0. The van der Waals surface area contributed by atoms with Crippen LogP contribution < -0.4 is 0 Å². The third kappa shape index (κ3) is 1.95. The Bertz CT molecular complexity index is 432. The maximum Gasteiger partial charge on any atom is 0.158 e. The highest BCUT2D eigenvalue weighted by Crippen LogP contribution is 2.21. The molecule has 0 radical (unpaired) electrons. The summed E-state index contributed by atoms with van der Waals surface area (Å²) in [5, 5.41) is 1.34. The van der Waals surface area contributed by atoms with Gasteiger partial charge in [0.2, 0.25) is 0 Å². The van der Waals surface area contributed by atoms with Crippen LogP contribution in [-0.4, -0.2) is 5.08 Å². The van der Waals surface area contributed by atoms with Gasteiger partial charge in [0.25, 0.3) is 0 Å². The van der Waals surface area contributed by atoms with Crippen LogP contribution in [0.4, 0.5) is 4.39 Å². The monoisotopic (exact) mass is 252 g/mol. The highest BCUT2D eigenvalue weighted by molar-refractivity contribution is 9.09. The van der Waals surface area contributed by atoms with Crippen molar-refractivity contribution in [3.05, 3.63) is 48.0 Å². The predicted octanol–water partition coefficient (Wildman–Crippen LogP) is 4.07. The van der Waals surface area contributed by atoms with Crippen molar-refractivity contribution in [3.8, 4) is 0 Å². The summed E-state index contributed by atoms with van der Waals surface area (Å²) in [7, 11) is 0. The van der Waals surface area contributed by atoms with Crippen LogP contribution in [0.2, 0.25) is 0 Å². The standard InChI is InChI=1S/C12H10BrF/c13-12(14)8-10-6-3-5-9-4-1-2-7-11(9)10/h1-7,12H,8H2. The molecule has 0 saturated carbocycles. The average molecular weight is 253 g/mol. The van der Waals surface area contributed by atoms with E-state index in [1.54, 1.807) is 0 Å². The zero-order valence-electron chi connectivity index (χ0n) is 7.58. The number of halogens is 2.